The molecular weight excluding hydrogens is 250 g/mol. The summed E-state index contributed by atoms with van der Waals surface area (Å²) in [6.07, 6.45) is 3.09. The number of hydrogen-bond acceptors (Lipinski definition) is 2. The quantitative estimate of drug-likeness (QED) is 0.885. The Bertz CT molecular complexity index is 439. The number of hydrogen-bond donors (Lipinski definition) is 2. The third-order valence-corrected chi connectivity index (χ3v) is 4.27. The number of carboxylic acid groups (broad SMARTS) is 1. The molecule has 2 N–H and O–H groups in total. The molecule has 3 nitrogen and oxygen atoms in total. The van der Waals surface area contributed by atoms with Gasteiger partial charge in [0, 0.05) is 11.1 Å². The standard InChI is InChI=1S/C14H18ClNO2/c1-16-12-5-7-14(8-6-12,13(17)18)10-3-2-4-11(15)9-10/h2-4,9,12,16H,5-8H2,1H3,(H,17,18). The molecule has 0 heterocycles. The molecule has 0 unspecified atom stereocenters. The van der Waals surface area contributed by atoms with E-state index in [0.717, 1.165) is 18.4 Å². The molecule has 1 aliphatic rings. The smallest absolute Gasteiger partial charge is 0.314 e. The summed E-state index contributed by atoms with van der Waals surface area (Å²) < 4.78 is 0. The highest BCUT2D eigenvalue weighted by Crippen LogP contribution is 2.40. The van der Waals surface area contributed by atoms with E-state index in [2.05, 4.69) is 5.32 Å². The zero-order valence-electron chi connectivity index (χ0n) is 10.4. The minimum Gasteiger partial charge on any atom is -0.481 e. The molecule has 1 aliphatic carbocycles. The molecule has 1 aromatic rings. The van der Waals surface area contributed by atoms with Crippen molar-refractivity contribution in [3.63, 3.8) is 0 Å². The average molecular weight is 268 g/mol. The van der Waals surface area contributed by atoms with Gasteiger partial charge >= 0.3 is 5.97 Å². The van der Waals surface area contributed by atoms with E-state index in [9.17, 15) is 9.90 Å². The highest BCUT2D eigenvalue weighted by atomic mass is 35.5. The summed E-state index contributed by atoms with van der Waals surface area (Å²) in [6.45, 7) is 0. The molecule has 0 radical (unpaired) electrons. The van der Waals surface area contributed by atoms with E-state index in [1.54, 1.807) is 12.1 Å². The van der Waals surface area contributed by atoms with Gasteiger partial charge in [-0.25, -0.2) is 0 Å². The highest BCUT2D eigenvalue weighted by Gasteiger charge is 2.43. The largest absolute Gasteiger partial charge is 0.481 e. The first kappa shape index (κ1) is 13.4. The van der Waals surface area contributed by atoms with Crippen LogP contribution in [-0.4, -0.2) is 24.2 Å². The molecule has 0 bridgehead atoms. The fourth-order valence-electron chi connectivity index (χ4n) is 2.81. The van der Waals surface area contributed by atoms with E-state index >= 15 is 0 Å². The van der Waals surface area contributed by atoms with Crippen LogP contribution in [0.1, 0.15) is 31.2 Å². The summed E-state index contributed by atoms with van der Waals surface area (Å²) in [4.78, 5) is 11.7. The molecule has 1 fully saturated rings. The van der Waals surface area contributed by atoms with Crippen molar-refractivity contribution in [1.29, 1.82) is 0 Å². The molecule has 18 heavy (non-hydrogen) atoms. The number of rotatable bonds is 3. The van der Waals surface area contributed by atoms with Crippen LogP contribution in [-0.2, 0) is 10.2 Å². The van der Waals surface area contributed by atoms with Crippen LogP contribution in [0.3, 0.4) is 0 Å². The first-order valence-corrected chi connectivity index (χ1v) is 6.63. The number of nitrogens with one attached hydrogen (secondary N) is 1. The van der Waals surface area contributed by atoms with Crippen LogP contribution in [0.2, 0.25) is 5.02 Å². The second kappa shape index (κ2) is 5.29. The predicted octanol–water partition coefficient (Wildman–Crippen LogP) is 2.82. The number of halogens is 1. The number of carbonyl (C=O) groups is 1. The Morgan fingerprint density at radius 1 is 1.44 bits per heavy atom. The fraction of sp³-hybridized carbons (Fsp3) is 0.500. The van der Waals surface area contributed by atoms with Crippen molar-refractivity contribution in [3.05, 3.63) is 34.9 Å². The topological polar surface area (TPSA) is 49.3 Å². The molecule has 1 saturated carbocycles. The van der Waals surface area contributed by atoms with E-state index in [4.69, 9.17) is 11.6 Å². The number of carboxylic acids is 1. The van der Waals surface area contributed by atoms with Gasteiger partial charge in [-0.15, -0.1) is 0 Å². The van der Waals surface area contributed by atoms with Crippen molar-refractivity contribution in [1.82, 2.24) is 5.32 Å². The molecule has 98 valence electrons. The molecule has 0 aliphatic heterocycles. The lowest BCUT2D eigenvalue weighted by atomic mass is 9.68. The Balaban J connectivity index is 2.32. The van der Waals surface area contributed by atoms with Crippen LogP contribution in [0.5, 0.6) is 0 Å². The Morgan fingerprint density at radius 2 is 2.11 bits per heavy atom. The van der Waals surface area contributed by atoms with Gasteiger partial charge in [0.1, 0.15) is 0 Å². The second-order valence-electron chi connectivity index (χ2n) is 4.96. The highest BCUT2D eigenvalue weighted by molar-refractivity contribution is 6.30. The average Bonchev–Trinajstić information content (AvgIpc) is 2.38. The number of benzene rings is 1. The van der Waals surface area contributed by atoms with E-state index in [0.29, 0.717) is 23.9 Å². The van der Waals surface area contributed by atoms with Crippen molar-refractivity contribution in [2.75, 3.05) is 7.05 Å². The zero-order chi connectivity index (χ0) is 13.2. The second-order valence-corrected chi connectivity index (χ2v) is 5.40. The minimum atomic E-state index is -0.766. The maximum Gasteiger partial charge on any atom is 0.314 e. The van der Waals surface area contributed by atoms with E-state index in [1.807, 2.05) is 19.2 Å². The Kier molecular flexibility index (Phi) is 3.93. The predicted molar refractivity (Wildman–Crippen MR) is 72.1 cm³/mol. The first-order valence-electron chi connectivity index (χ1n) is 6.25. The van der Waals surface area contributed by atoms with E-state index in [1.165, 1.54) is 0 Å². The van der Waals surface area contributed by atoms with Crippen molar-refractivity contribution in [2.24, 2.45) is 0 Å². The van der Waals surface area contributed by atoms with Gasteiger partial charge in [0.05, 0.1) is 5.41 Å². The van der Waals surface area contributed by atoms with Crippen LogP contribution in [0.15, 0.2) is 24.3 Å². The SMILES string of the molecule is CNC1CCC(C(=O)O)(c2cccc(Cl)c2)CC1. The maximum atomic E-state index is 11.7. The molecule has 4 heteroatoms. The van der Waals surface area contributed by atoms with Gasteiger partial charge in [-0.1, -0.05) is 23.7 Å². The van der Waals surface area contributed by atoms with E-state index in [-0.39, 0.29) is 0 Å². The van der Waals surface area contributed by atoms with Gasteiger partial charge in [0.25, 0.3) is 0 Å². The van der Waals surface area contributed by atoms with Crippen LogP contribution in [0, 0.1) is 0 Å². The summed E-state index contributed by atoms with van der Waals surface area (Å²) in [5.41, 5.74) is 0.0650. The summed E-state index contributed by atoms with van der Waals surface area (Å²) in [7, 11) is 1.93. The third kappa shape index (κ3) is 2.38. The molecule has 0 amide bonds. The van der Waals surface area contributed by atoms with Gasteiger partial charge in [-0.2, -0.15) is 0 Å². The van der Waals surface area contributed by atoms with Crippen LogP contribution < -0.4 is 5.32 Å². The molecule has 0 aromatic heterocycles. The van der Waals surface area contributed by atoms with Crippen molar-refractivity contribution in [2.45, 2.75) is 37.1 Å². The lowest BCUT2D eigenvalue weighted by molar-refractivity contribution is -0.145. The van der Waals surface area contributed by atoms with Crippen LogP contribution >= 0.6 is 11.6 Å². The fourth-order valence-corrected chi connectivity index (χ4v) is 3.00. The molecular formula is C14H18ClNO2. The summed E-state index contributed by atoms with van der Waals surface area (Å²) in [6, 6.07) is 7.69. The Hall–Kier alpha value is -1.06. The molecule has 0 spiro atoms. The minimum absolute atomic E-state index is 0.427. The van der Waals surface area contributed by atoms with Gasteiger partial charge in [-0.3, -0.25) is 4.79 Å². The lowest BCUT2D eigenvalue weighted by Gasteiger charge is -2.37. The summed E-state index contributed by atoms with van der Waals surface area (Å²) in [5, 5.41) is 13.5. The van der Waals surface area contributed by atoms with Gasteiger partial charge in [0.15, 0.2) is 0 Å². The Morgan fingerprint density at radius 3 is 2.61 bits per heavy atom. The van der Waals surface area contributed by atoms with Crippen LogP contribution in [0.4, 0.5) is 0 Å². The Labute approximate surface area is 112 Å². The maximum absolute atomic E-state index is 11.7. The molecule has 0 saturated heterocycles. The van der Waals surface area contributed by atoms with Crippen molar-refractivity contribution in [3.8, 4) is 0 Å². The molecule has 0 atom stereocenters. The van der Waals surface area contributed by atoms with Gasteiger partial charge in [-0.05, 0) is 50.4 Å². The first-order chi connectivity index (χ1) is 8.58. The summed E-state index contributed by atoms with van der Waals surface area (Å²) >= 11 is 5.98. The monoisotopic (exact) mass is 267 g/mol. The zero-order valence-corrected chi connectivity index (χ0v) is 11.2. The molecule has 2 rings (SSSR count). The lowest BCUT2D eigenvalue weighted by Crippen LogP contribution is -2.43. The molecule has 1 aromatic carbocycles. The normalized spacial score (nSPS) is 28.0. The van der Waals surface area contributed by atoms with E-state index < -0.39 is 11.4 Å². The van der Waals surface area contributed by atoms with Gasteiger partial charge in [0.2, 0.25) is 0 Å². The van der Waals surface area contributed by atoms with Crippen molar-refractivity contribution >= 4 is 17.6 Å². The summed E-state index contributed by atoms with van der Waals surface area (Å²) in [5.74, 6) is -0.737. The number of aliphatic carboxylic acids is 1. The van der Waals surface area contributed by atoms with Gasteiger partial charge < -0.3 is 10.4 Å². The third-order valence-electron chi connectivity index (χ3n) is 4.03. The van der Waals surface area contributed by atoms with Crippen molar-refractivity contribution < 1.29 is 9.90 Å². The van der Waals surface area contributed by atoms with Crippen LogP contribution in [0.25, 0.3) is 0 Å².